The minimum absolute atomic E-state index is 0.218. The zero-order chi connectivity index (χ0) is 19.3. The Morgan fingerprint density at radius 2 is 1.68 bits per heavy atom. The van der Waals surface area contributed by atoms with Crippen molar-refractivity contribution in [3.63, 3.8) is 0 Å². The summed E-state index contributed by atoms with van der Waals surface area (Å²) in [6.07, 6.45) is 4.41. The molecule has 0 saturated carbocycles. The van der Waals surface area contributed by atoms with Crippen molar-refractivity contribution >= 4 is 11.6 Å². The lowest BCUT2D eigenvalue weighted by Crippen LogP contribution is -2.01. The van der Waals surface area contributed by atoms with Gasteiger partial charge in [-0.25, -0.2) is 4.98 Å². The SMILES string of the molecule is Oc1ccccc1-n1cnc(-c2ccc(OCCc3ccc(Cl)cc3)cc2)c1. The van der Waals surface area contributed by atoms with E-state index in [4.69, 9.17) is 16.3 Å². The number of para-hydroxylation sites is 2. The van der Waals surface area contributed by atoms with Crippen molar-refractivity contribution in [2.75, 3.05) is 6.61 Å². The first kappa shape index (κ1) is 18.1. The molecule has 0 aliphatic heterocycles. The quantitative estimate of drug-likeness (QED) is 0.471. The Balaban J connectivity index is 1.39. The maximum atomic E-state index is 9.99. The molecule has 1 aromatic heterocycles. The summed E-state index contributed by atoms with van der Waals surface area (Å²) in [7, 11) is 0. The van der Waals surface area contributed by atoms with Gasteiger partial charge in [-0.1, -0.05) is 35.9 Å². The second-order valence-electron chi connectivity index (χ2n) is 6.40. The molecule has 4 rings (SSSR count). The average molecular weight is 391 g/mol. The van der Waals surface area contributed by atoms with Gasteiger partial charge in [0.25, 0.3) is 0 Å². The monoisotopic (exact) mass is 390 g/mol. The number of aromatic nitrogens is 2. The van der Waals surface area contributed by atoms with Crippen LogP contribution in [0.3, 0.4) is 0 Å². The maximum absolute atomic E-state index is 9.99. The molecule has 0 radical (unpaired) electrons. The van der Waals surface area contributed by atoms with E-state index in [1.807, 2.05) is 66.9 Å². The largest absolute Gasteiger partial charge is 0.506 e. The summed E-state index contributed by atoms with van der Waals surface area (Å²) in [5.41, 5.74) is 3.70. The zero-order valence-electron chi connectivity index (χ0n) is 15.1. The Hall–Kier alpha value is -3.24. The Kier molecular flexibility index (Phi) is 5.31. The number of imidazole rings is 1. The number of benzene rings is 3. The highest BCUT2D eigenvalue weighted by Crippen LogP contribution is 2.25. The van der Waals surface area contributed by atoms with Crippen molar-refractivity contribution < 1.29 is 9.84 Å². The summed E-state index contributed by atoms with van der Waals surface area (Å²) in [5.74, 6) is 1.04. The molecule has 140 valence electrons. The smallest absolute Gasteiger partial charge is 0.139 e. The Labute approximate surface area is 168 Å². The van der Waals surface area contributed by atoms with Gasteiger partial charge in [0, 0.05) is 23.2 Å². The summed E-state index contributed by atoms with van der Waals surface area (Å²) >= 11 is 5.90. The molecule has 0 fully saturated rings. The molecule has 1 heterocycles. The molecule has 0 amide bonds. The van der Waals surface area contributed by atoms with E-state index in [0.29, 0.717) is 12.3 Å². The first-order chi connectivity index (χ1) is 13.7. The fourth-order valence-electron chi connectivity index (χ4n) is 2.95. The Bertz CT molecular complexity index is 1060. The number of hydrogen-bond acceptors (Lipinski definition) is 3. The van der Waals surface area contributed by atoms with Crippen LogP contribution in [0, 0.1) is 0 Å². The molecule has 1 N–H and O–H groups in total. The fraction of sp³-hybridized carbons (Fsp3) is 0.0870. The van der Waals surface area contributed by atoms with Crippen LogP contribution in [-0.4, -0.2) is 21.3 Å². The van der Waals surface area contributed by atoms with Crippen LogP contribution in [-0.2, 0) is 6.42 Å². The lowest BCUT2D eigenvalue weighted by atomic mass is 10.1. The van der Waals surface area contributed by atoms with E-state index < -0.39 is 0 Å². The van der Waals surface area contributed by atoms with Gasteiger partial charge in [0.15, 0.2) is 0 Å². The molecule has 0 aliphatic rings. The normalized spacial score (nSPS) is 10.8. The average Bonchev–Trinajstić information content (AvgIpc) is 3.20. The number of aromatic hydroxyl groups is 1. The number of halogens is 1. The van der Waals surface area contributed by atoms with Crippen LogP contribution in [0.5, 0.6) is 11.5 Å². The number of phenolic OH excluding ortho intramolecular Hbond substituents is 1. The molecule has 0 saturated heterocycles. The lowest BCUT2D eigenvalue weighted by molar-refractivity contribution is 0.322. The second-order valence-corrected chi connectivity index (χ2v) is 6.84. The maximum Gasteiger partial charge on any atom is 0.139 e. The summed E-state index contributed by atoms with van der Waals surface area (Å²) in [6.45, 7) is 0.600. The summed E-state index contributed by atoms with van der Waals surface area (Å²) in [4.78, 5) is 4.44. The molecule has 3 aromatic carbocycles. The van der Waals surface area contributed by atoms with Gasteiger partial charge < -0.3 is 14.4 Å². The van der Waals surface area contributed by atoms with E-state index in [9.17, 15) is 5.11 Å². The lowest BCUT2D eigenvalue weighted by Gasteiger charge is -2.07. The van der Waals surface area contributed by atoms with Crippen molar-refractivity contribution in [1.82, 2.24) is 9.55 Å². The van der Waals surface area contributed by atoms with Crippen molar-refractivity contribution in [2.45, 2.75) is 6.42 Å². The van der Waals surface area contributed by atoms with Gasteiger partial charge in [0.05, 0.1) is 18.0 Å². The molecular weight excluding hydrogens is 372 g/mol. The Morgan fingerprint density at radius 3 is 2.43 bits per heavy atom. The van der Waals surface area contributed by atoms with Crippen LogP contribution in [0.2, 0.25) is 5.02 Å². The highest BCUT2D eigenvalue weighted by molar-refractivity contribution is 6.30. The van der Waals surface area contributed by atoms with E-state index in [0.717, 1.165) is 28.5 Å². The Morgan fingerprint density at radius 1 is 0.929 bits per heavy atom. The molecule has 28 heavy (non-hydrogen) atoms. The summed E-state index contributed by atoms with van der Waals surface area (Å²) in [6, 6.07) is 22.8. The predicted octanol–water partition coefficient (Wildman–Crippen LogP) is 5.52. The molecule has 0 spiro atoms. The van der Waals surface area contributed by atoms with Crippen LogP contribution in [0.25, 0.3) is 16.9 Å². The zero-order valence-corrected chi connectivity index (χ0v) is 15.9. The first-order valence-electron chi connectivity index (χ1n) is 8.99. The number of ether oxygens (including phenoxy) is 1. The molecule has 4 aromatic rings. The third-order valence-electron chi connectivity index (χ3n) is 4.47. The van der Waals surface area contributed by atoms with Crippen molar-refractivity contribution in [2.24, 2.45) is 0 Å². The van der Waals surface area contributed by atoms with E-state index >= 15 is 0 Å². The molecule has 4 nitrogen and oxygen atoms in total. The van der Waals surface area contributed by atoms with Crippen molar-refractivity contribution in [3.8, 4) is 28.4 Å². The van der Waals surface area contributed by atoms with Crippen LogP contribution < -0.4 is 4.74 Å². The topological polar surface area (TPSA) is 47.3 Å². The summed E-state index contributed by atoms with van der Waals surface area (Å²) in [5, 5.41) is 10.7. The van der Waals surface area contributed by atoms with Crippen LogP contribution in [0.4, 0.5) is 0 Å². The van der Waals surface area contributed by atoms with Crippen LogP contribution in [0.1, 0.15) is 5.56 Å². The van der Waals surface area contributed by atoms with Gasteiger partial charge in [-0.2, -0.15) is 0 Å². The van der Waals surface area contributed by atoms with Gasteiger partial charge >= 0.3 is 0 Å². The highest BCUT2D eigenvalue weighted by atomic mass is 35.5. The predicted molar refractivity (Wildman–Crippen MR) is 111 cm³/mol. The number of phenols is 1. The van der Waals surface area contributed by atoms with Gasteiger partial charge in [-0.3, -0.25) is 0 Å². The second kappa shape index (κ2) is 8.19. The van der Waals surface area contributed by atoms with Gasteiger partial charge in [-0.15, -0.1) is 0 Å². The minimum Gasteiger partial charge on any atom is -0.506 e. The fourth-order valence-corrected chi connectivity index (χ4v) is 3.07. The van der Waals surface area contributed by atoms with Gasteiger partial charge in [-0.05, 0) is 54.1 Å². The molecule has 0 aliphatic carbocycles. The highest BCUT2D eigenvalue weighted by Gasteiger charge is 2.07. The molecule has 0 atom stereocenters. The van der Waals surface area contributed by atoms with Crippen LogP contribution >= 0.6 is 11.6 Å². The third kappa shape index (κ3) is 4.18. The molecule has 0 bridgehead atoms. The molecule has 0 unspecified atom stereocenters. The van der Waals surface area contributed by atoms with E-state index in [1.165, 1.54) is 5.56 Å². The van der Waals surface area contributed by atoms with Crippen LogP contribution in [0.15, 0.2) is 85.3 Å². The van der Waals surface area contributed by atoms with E-state index in [-0.39, 0.29) is 5.75 Å². The standard InChI is InChI=1S/C23H19ClN2O2/c24-19-9-5-17(6-10-19)13-14-28-20-11-7-18(8-12-20)21-15-26(16-25-21)22-3-1-2-4-23(22)27/h1-12,15-16,27H,13-14H2. The third-order valence-corrected chi connectivity index (χ3v) is 4.72. The number of hydrogen-bond donors (Lipinski definition) is 1. The number of rotatable bonds is 6. The molecular formula is C23H19ClN2O2. The van der Waals surface area contributed by atoms with Gasteiger partial charge in [0.2, 0.25) is 0 Å². The van der Waals surface area contributed by atoms with E-state index in [2.05, 4.69) is 4.98 Å². The van der Waals surface area contributed by atoms with Crippen molar-refractivity contribution in [1.29, 1.82) is 0 Å². The first-order valence-corrected chi connectivity index (χ1v) is 9.37. The molecule has 5 heteroatoms. The van der Waals surface area contributed by atoms with E-state index in [1.54, 1.807) is 23.0 Å². The number of nitrogens with zero attached hydrogens (tertiary/aromatic N) is 2. The van der Waals surface area contributed by atoms with Gasteiger partial charge in [0.1, 0.15) is 17.8 Å². The minimum atomic E-state index is 0.218. The van der Waals surface area contributed by atoms with Crippen molar-refractivity contribution in [3.05, 3.63) is 95.9 Å². The summed E-state index contributed by atoms with van der Waals surface area (Å²) < 4.78 is 7.64.